The van der Waals surface area contributed by atoms with Crippen molar-refractivity contribution in [1.82, 2.24) is 5.32 Å². The molecule has 0 aromatic rings. The molecule has 3 nitrogen and oxygen atoms in total. The Morgan fingerprint density at radius 2 is 1.79 bits per heavy atom. The van der Waals surface area contributed by atoms with Crippen molar-refractivity contribution in [2.24, 2.45) is 11.8 Å². The van der Waals surface area contributed by atoms with Gasteiger partial charge in [-0.3, -0.25) is 10.1 Å². The van der Waals surface area contributed by atoms with Gasteiger partial charge in [-0.25, -0.2) is 0 Å². The first-order valence-electron chi connectivity index (χ1n) is 8.04. The summed E-state index contributed by atoms with van der Waals surface area (Å²) in [6, 6.07) is 0.437. The van der Waals surface area contributed by atoms with Gasteiger partial charge < -0.3 is 5.11 Å². The van der Waals surface area contributed by atoms with Crippen LogP contribution in [0.15, 0.2) is 0 Å². The molecule has 0 heterocycles. The Hall–Kier alpha value is -0.570. The van der Waals surface area contributed by atoms with Crippen molar-refractivity contribution >= 4 is 5.97 Å². The van der Waals surface area contributed by atoms with E-state index in [0.717, 1.165) is 38.5 Å². The van der Waals surface area contributed by atoms with E-state index >= 15 is 0 Å². The topological polar surface area (TPSA) is 49.3 Å². The van der Waals surface area contributed by atoms with Crippen LogP contribution in [0.2, 0.25) is 0 Å². The highest BCUT2D eigenvalue weighted by atomic mass is 16.4. The first kappa shape index (κ1) is 14.8. The Morgan fingerprint density at radius 3 is 2.37 bits per heavy atom. The number of hydrogen-bond donors (Lipinski definition) is 2. The fourth-order valence-corrected chi connectivity index (χ4v) is 3.91. The number of rotatable bonds is 4. The second-order valence-corrected chi connectivity index (χ2v) is 6.95. The maximum Gasteiger partial charge on any atom is 0.323 e. The molecule has 2 fully saturated rings. The summed E-state index contributed by atoms with van der Waals surface area (Å²) in [5.74, 6) is 0.756. The van der Waals surface area contributed by atoms with Crippen molar-refractivity contribution in [3.8, 4) is 0 Å². The minimum atomic E-state index is -0.640. The highest BCUT2D eigenvalue weighted by Crippen LogP contribution is 2.35. The molecule has 2 aliphatic rings. The van der Waals surface area contributed by atoms with Crippen molar-refractivity contribution in [2.75, 3.05) is 0 Å². The van der Waals surface area contributed by atoms with Gasteiger partial charge in [0, 0.05) is 6.04 Å². The van der Waals surface area contributed by atoms with Crippen LogP contribution in [-0.4, -0.2) is 22.7 Å². The van der Waals surface area contributed by atoms with Gasteiger partial charge in [0.1, 0.15) is 5.54 Å². The van der Waals surface area contributed by atoms with E-state index in [1.165, 1.54) is 19.3 Å². The van der Waals surface area contributed by atoms with Crippen molar-refractivity contribution < 1.29 is 9.90 Å². The number of carboxylic acid groups (broad SMARTS) is 1. The number of aliphatic carboxylic acids is 1. The summed E-state index contributed by atoms with van der Waals surface area (Å²) in [5.41, 5.74) is -0.640. The molecule has 0 saturated heterocycles. The second kappa shape index (κ2) is 6.25. The van der Waals surface area contributed by atoms with Gasteiger partial charge in [0.05, 0.1) is 0 Å². The quantitative estimate of drug-likeness (QED) is 0.765. The monoisotopic (exact) mass is 267 g/mol. The highest BCUT2D eigenvalue weighted by Gasteiger charge is 2.42. The number of hydrogen-bond acceptors (Lipinski definition) is 2. The molecule has 2 unspecified atom stereocenters. The van der Waals surface area contributed by atoms with E-state index in [1.807, 2.05) is 0 Å². The molecule has 0 radical (unpaired) electrons. The van der Waals surface area contributed by atoms with E-state index in [2.05, 4.69) is 19.2 Å². The molecule has 0 aromatic carbocycles. The summed E-state index contributed by atoms with van der Waals surface area (Å²) in [4.78, 5) is 11.8. The maximum atomic E-state index is 11.8. The Bertz CT molecular complexity index is 310. The molecule has 3 heteroatoms. The zero-order valence-corrected chi connectivity index (χ0v) is 12.5. The van der Waals surface area contributed by atoms with Gasteiger partial charge in [-0.2, -0.15) is 0 Å². The highest BCUT2D eigenvalue weighted by molar-refractivity contribution is 5.78. The summed E-state index contributed by atoms with van der Waals surface area (Å²) in [6.45, 7) is 4.53. The van der Waals surface area contributed by atoms with E-state index in [0.29, 0.717) is 17.9 Å². The van der Waals surface area contributed by atoms with Gasteiger partial charge in [0.25, 0.3) is 0 Å². The molecule has 19 heavy (non-hydrogen) atoms. The summed E-state index contributed by atoms with van der Waals surface area (Å²) in [5, 5.41) is 13.3. The average Bonchev–Trinajstić information content (AvgIpc) is 2.74. The van der Waals surface area contributed by atoms with Gasteiger partial charge in [-0.05, 0) is 43.9 Å². The molecule has 0 aromatic heterocycles. The molecule has 2 rings (SSSR count). The van der Waals surface area contributed by atoms with Crippen molar-refractivity contribution in [2.45, 2.75) is 83.2 Å². The summed E-state index contributed by atoms with van der Waals surface area (Å²) in [7, 11) is 0. The lowest BCUT2D eigenvalue weighted by atomic mass is 9.86. The third kappa shape index (κ3) is 3.50. The first-order chi connectivity index (χ1) is 9.03. The zero-order chi connectivity index (χ0) is 13.9. The van der Waals surface area contributed by atoms with Crippen LogP contribution in [0.3, 0.4) is 0 Å². The molecule has 0 aliphatic heterocycles. The largest absolute Gasteiger partial charge is 0.480 e. The minimum absolute atomic E-state index is 0.437. The van der Waals surface area contributed by atoms with Gasteiger partial charge in [0.2, 0.25) is 0 Å². The number of carbonyl (C=O) groups is 1. The van der Waals surface area contributed by atoms with E-state index in [9.17, 15) is 9.90 Å². The molecular weight excluding hydrogens is 238 g/mol. The molecule has 110 valence electrons. The Labute approximate surface area is 117 Å². The summed E-state index contributed by atoms with van der Waals surface area (Å²) in [6.07, 6.45) is 9.73. The van der Waals surface area contributed by atoms with Crippen LogP contribution >= 0.6 is 0 Å². The van der Waals surface area contributed by atoms with Crippen LogP contribution in [0.4, 0.5) is 0 Å². The molecule has 2 N–H and O–H groups in total. The van der Waals surface area contributed by atoms with Crippen molar-refractivity contribution in [3.63, 3.8) is 0 Å². The Kier molecular flexibility index (Phi) is 4.88. The van der Waals surface area contributed by atoms with E-state index in [4.69, 9.17) is 0 Å². The Balaban J connectivity index is 2.04. The van der Waals surface area contributed by atoms with Crippen molar-refractivity contribution in [1.29, 1.82) is 0 Å². The normalized spacial score (nSPS) is 33.5. The average molecular weight is 267 g/mol. The standard InChI is InChI=1S/C16H29NO2/c1-12(2)13-6-5-10-16(11-9-13,15(18)19)17-14-7-3-4-8-14/h12-14,17H,3-11H2,1-2H3,(H,18,19). The minimum Gasteiger partial charge on any atom is -0.480 e. The lowest BCUT2D eigenvalue weighted by Gasteiger charge is -2.33. The molecule has 0 bridgehead atoms. The number of nitrogens with one attached hydrogen (secondary N) is 1. The van der Waals surface area contributed by atoms with Crippen molar-refractivity contribution in [3.05, 3.63) is 0 Å². The molecule has 0 amide bonds. The van der Waals surface area contributed by atoms with E-state index in [1.54, 1.807) is 0 Å². The lowest BCUT2D eigenvalue weighted by Crippen LogP contribution is -2.55. The first-order valence-corrected chi connectivity index (χ1v) is 8.04. The fourth-order valence-electron chi connectivity index (χ4n) is 3.91. The van der Waals surface area contributed by atoms with Crippen LogP contribution in [0.5, 0.6) is 0 Å². The zero-order valence-electron chi connectivity index (χ0n) is 12.5. The van der Waals surface area contributed by atoms with E-state index < -0.39 is 11.5 Å². The predicted octanol–water partition coefficient (Wildman–Crippen LogP) is 3.58. The third-order valence-corrected chi connectivity index (χ3v) is 5.31. The fraction of sp³-hybridized carbons (Fsp3) is 0.938. The lowest BCUT2D eigenvalue weighted by molar-refractivity contribution is -0.146. The second-order valence-electron chi connectivity index (χ2n) is 6.95. The van der Waals surface area contributed by atoms with Gasteiger partial charge in [-0.1, -0.05) is 39.5 Å². The molecular formula is C16H29NO2. The summed E-state index contributed by atoms with van der Waals surface area (Å²) >= 11 is 0. The van der Waals surface area contributed by atoms with Crippen LogP contribution < -0.4 is 5.32 Å². The van der Waals surface area contributed by atoms with Crippen LogP contribution in [-0.2, 0) is 4.79 Å². The van der Waals surface area contributed by atoms with Crippen LogP contribution in [0, 0.1) is 11.8 Å². The molecule has 2 atom stereocenters. The molecule has 2 aliphatic carbocycles. The SMILES string of the molecule is CC(C)C1CCCC(NC2CCCC2)(C(=O)O)CC1. The third-order valence-electron chi connectivity index (χ3n) is 5.31. The van der Waals surface area contributed by atoms with Crippen LogP contribution in [0.25, 0.3) is 0 Å². The Morgan fingerprint density at radius 1 is 1.11 bits per heavy atom. The predicted molar refractivity (Wildman–Crippen MR) is 77.2 cm³/mol. The summed E-state index contributed by atoms with van der Waals surface area (Å²) < 4.78 is 0. The number of carboxylic acids is 1. The van der Waals surface area contributed by atoms with Gasteiger partial charge in [-0.15, -0.1) is 0 Å². The molecule has 2 saturated carbocycles. The van der Waals surface area contributed by atoms with Gasteiger partial charge >= 0.3 is 5.97 Å². The maximum absolute atomic E-state index is 11.8. The van der Waals surface area contributed by atoms with Crippen LogP contribution in [0.1, 0.15) is 71.6 Å². The van der Waals surface area contributed by atoms with Gasteiger partial charge in [0.15, 0.2) is 0 Å². The molecule has 0 spiro atoms. The van der Waals surface area contributed by atoms with E-state index in [-0.39, 0.29) is 0 Å². The smallest absolute Gasteiger partial charge is 0.323 e.